The number of nitrogens with one attached hydrogen (secondary N) is 1. The number of hydrogen-bond acceptors (Lipinski definition) is 6. The molecule has 1 atom stereocenters. The maximum atomic E-state index is 6.06. The molecule has 0 aromatic carbocycles. The van der Waals surface area contributed by atoms with Crippen LogP contribution in [0.5, 0.6) is 0 Å². The van der Waals surface area contributed by atoms with Gasteiger partial charge in [-0.3, -0.25) is 0 Å². The van der Waals surface area contributed by atoms with E-state index in [0.717, 1.165) is 23.1 Å². The summed E-state index contributed by atoms with van der Waals surface area (Å²) >= 11 is 9.40. The summed E-state index contributed by atoms with van der Waals surface area (Å²) in [6.07, 6.45) is 0.734. The van der Waals surface area contributed by atoms with Crippen LogP contribution in [0.3, 0.4) is 0 Å². The van der Waals surface area contributed by atoms with E-state index < -0.39 is 0 Å². The second kappa shape index (κ2) is 6.70. The zero-order chi connectivity index (χ0) is 14.7. The quantitative estimate of drug-likeness (QED) is 0.735. The number of halogens is 1. The van der Waals surface area contributed by atoms with Crippen molar-refractivity contribution in [1.29, 1.82) is 0 Å². The predicted molar refractivity (Wildman–Crippen MR) is 86.2 cm³/mol. The molecule has 0 aliphatic heterocycles. The Hall–Kier alpha value is -1.21. The van der Waals surface area contributed by atoms with Gasteiger partial charge >= 0.3 is 0 Å². The summed E-state index contributed by atoms with van der Waals surface area (Å²) in [7, 11) is 0. The molecule has 3 rings (SSSR count). The van der Waals surface area contributed by atoms with Gasteiger partial charge in [0, 0.05) is 29.6 Å². The van der Waals surface area contributed by atoms with Crippen molar-refractivity contribution in [3.05, 3.63) is 55.5 Å². The summed E-state index contributed by atoms with van der Waals surface area (Å²) < 4.78 is 5.79. The van der Waals surface area contributed by atoms with E-state index in [1.165, 1.54) is 9.75 Å². The van der Waals surface area contributed by atoms with E-state index >= 15 is 0 Å². The molecule has 1 N–H and O–H groups in total. The van der Waals surface area contributed by atoms with Gasteiger partial charge in [0.05, 0.1) is 10.4 Å². The second-order valence-corrected chi connectivity index (χ2v) is 7.25. The van der Waals surface area contributed by atoms with Crippen molar-refractivity contribution in [2.75, 3.05) is 6.54 Å². The van der Waals surface area contributed by atoms with E-state index in [1.807, 2.05) is 6.07 Å². The Morgan fingerprint density at radius 1 is 1.33 bits per heavy atom. The fraction of sp³-hybridized carbons (Fsp3) is 0.286. The van der Waals surface area contributed by atoms with Crippen LogP contribution in [0.25, 0.3) is 0 Å². The monoisotopic (exact) mass is 339 g/mol. The van der Waals surface area contributed by atoms with Crippen molar-refractivity contribution < 1.29 is 4.52 Å². The van der Waals surface area contributed by atoms with Crippen LogP contribution in [0, 0.1) is 6.92 Å². The standard InChI is InChI=1S/C14H14ClN3OS2/c1-9-17-13(18-19-9)6-7-16-14(10-3-2-8-20-10)11-4-5-12(15)21-11/h2-5,8,14,16H,6-7H2,1H3. The average molecular weight is 340 g/mol. The molecular formula is C14H14ClN3OS2. The summed E-state index contributed by atoms with van der Waals surface area (Å²) in [5.74, 6) is 1.33. The number of nitrogens with zero attached hydrogens (tertiary/aromatic N) is 2. The maximum absolute atomic E-state index is 6.06. The molecule has 0 aliphatic rings. The molecule has 4 nitrogen and oxygen atoms in total. The van der Waals surface area contributed by atoms with E-state index in [4.69, 9.17) is 16.1 Å². The lowest BCUT2D eigenvalue weighted by molar-refractivity contribution is 0.386. The van der Waals surface area contributed by atoms with Gasteiger partial charge in [0.2, 0.25) is 5.89 Å². The Labute approximate surface area is 135 Å². The van der Waals surface area contributed by atoms with Gasteiger partial charge in [-0.2, -0.15) is 4.98 Å². The fourth-order valence-corrected chi connectivity index (χ4v) is 4.10. The molecule has 0 saturated heterocycles. The smallest absolute Gasteiger partial charge is 0.223 e. The fourth-order valence-electron chi connectivity index (χ4n) is 2.05. The Balaban J connectivity index is 1.68. The maximum Gasteiger partial charge on any atom is 0.223 e. The average Bonchev–Trinajstić information content (AvgIpc) is 3.17. The molecule has 0 radical (unpaired) electrons. The first-order chi connectivity index (χ1) is 10.2. The SMILES string of the molecule is Cc1nc(CCNC(c2cccs2)c2ccc(Cl)s2)no1. The molecule has 110 valence electrons. The van der Waals surface area contributed by atoms with Gasteiger partial charge in [-0.1, -0.05) is 22.8 Å². The van der Waals surface area contributed by atoms with Crippen LogP contribution in [0.15, 0.2) is 34.2 Å². The lowest BCUT2D eigenvalue weighted by atomic mass is 10.2. The summed E-state index contributed by atoms with van der Waals surface area (Å²) in [5.41, 5.74) is 0. The minimum Gasteiger partial charge on any atom is -0.340 e. The van der Waals surface area contributed by atoms with E-state index in [0.29, 0.717) is 5.89 Å². The third-order valence-corrected chi connectivity index (χ3v) is 5.21. The highest BCUT2D eigenvalue weighted by molar-refractivity contribution is 7.16. The first kappa shape index (κ1) is 14.7. The molecule has 3 heterocycles. The molecule has 3 aromatic heterocycles. The van der Waals surface area contributed by atoms with Crippen LogP contribution in [-0.4, -0.2) is 16.7 Å². The van der Waals surface area contributed by atoms with Crippen LogP contribution in [-0.2, 0) is 6.42 Å². The molecule has 0 spiro atoms. The molecule has 0 aliphatic carbocycles. The van der Waals surface area contributed by atoms with Gasteiger partial charge in [-0.05, 0) is 23.6 Å². The minimum atomic E-state index is 0.162. The largest absolute Gasteiger partial charge is 0.340 e. The summed E-state index contributed by atoms with van der Waals surface area (Å²) in [6.45, 7) is 2.57. The highest BCUT2D eigenvalue weighted by Gasteiger charge is 2.17. The van der Waals surface area contributed by atoms with Crippen molar-refractivity contribution in [1.82, 2.24) is 15.5 Å². The molecule has 0 saturated carbocycles. The lowest BCUT2D eigenvalue weighted by Gasteiger charge is -2.15. The number of aryl methyl sites for hydroxylation is 1. The third-order valence-electron chi connectivity index (χ3n) is 2.97. The van der Waals surface area contributed by atoms with Crippen molar-refractivity contribution in [3.8, 4) is 0 Å². The Morgan fingerprint density at radius 2 is 2.24 bits per heavy atom. The summed E-state index contributed by atoms with van der Waals surface area (Å²) in [5, 5.41) is 9.55. The van der Waals surface area contributed by atoms with Gasteiger partial charge in [-0.15, -0.1) is 22.7 Å². The first-order valence-electron chi connectivity index (χ1n) is 6.53. The Bertz CT molecular complexity index is 693. The van der Waals surface area contributed by atoms with Crippen LogP contribution in [0.1, 0.15) is 27.5 Å². The molecule has 1 unspecified atom stereocenters. The molecule has 21 heavy (non-hydrogen) atoms. The van der Waals surface area contributed by atoms with Crippen molar-refractivity contribution >= 4 is 34.3 Å². The second-order valence-electron chi connectivity index (χ2n) is 4.52. The van der Waals surface area contributed by atoms with Crippen LogP contribution < -0.4 is 5.32 Å². The Morgan fingerprint density at radius 3 is 2.86 bits per heavy atom. The van der Waals surface area contributed by atoms with Crippen molar-refractivity contribution in [3.63, 3.8) is 0 Å². The van der Waals surface area contributed by atoms with Gasteiger partial charge in [0.25, 0.3) is 0 Å². The zero-order valence-corrected chi connectivity index (χ0v) is 13.8. The molecule has 7 heteroatoms. The number of aromatic nitrogens is 2. The molecule has 0 bridgehead atoms. The zero-order valence-electron chi connectivity index (χ0n) is 11.4. The number of thiophene rings is 2. The lowest BCUT2D eigenvalue weighted by Crippen LogP contribution is -2.23. The van der Waals surface area contributed by atoms with Crippen LogP contribution >= 0.6 is 34.3 Å². The Kier molecular flexibility index (Phi) is 4.70. The topological polar surface area (TPSA) is 51.0 Å². The highest BCUT2D eigenvalue weighted by atomic mass is 35.5. The van der Waals surface area contributed by atoms with E-state index in [-0.39, 0.29) is 6.04 Å². The summed E-state index contributed by atoms with van der Waals surface area (Å²) in [6, 6.07) is 8.37. The van der Waals surface area contributed by atoms with Crippen molar-refractivity contribution in [2.24, 2.45) is 0 Å². The van der Waals surface area contributed by atoms with Gasteiger partial charge in [0.15, 0.2) is 5.82 Å². The van der Waals surface area contributed by atoms with Crippen molar-refractivity contribution in [2.45, 2.75) is 19.4 Å². The normalized spacial score (nSPS) is 12.7. The predicted octanol–water partition coefficient (Wildman–Crippen LogP) is 4.08. The van der Waals surface area contributed by atoms with Crippen LogP contribution in [0.2, 0.25) is 4.34 Å². The number of rotatable bonds is 6. The highest BCUT2D eigenvalue weighted by Crippen LogP contribution is 2.32. The van der Waals surface area contributed by atoms with E-state index in [1.54, 1.807) is 29.6 Å². The molecule has 0 fully saturated rings. The van der Waals surface area contributed by atoms with Gasteiger partial charge < -0.3 is 9.84 Å². The van der Waals surface area contributed by atoms with E-state index in [9.17, 15) is 0 Å². The van der Waals surface area contributed by atoms with Gasteiger partial charge in [-0.25, -0.2) is 0 Å². The van der Waals surface area contributed by atoms with Gasteiger partial charge in [0.1, 0.15) is 0 Å². The first-order valence-corrected chi connectivity index (χ1v) is 8.61. The third kappa shape index (κ3) is 3.71. The molecule has 3 aromatic rings. The molecular weight excluding hydrogens is 326 g/mol. The molecule has 0 amide bonds. The van der Waals surface area contributed by atoms with Crippen LogP contribution in [0.4, 0.5) is 0 Å². The number of hydrogen-bond donors (Lipinski definition) is 1. The van der Waals surface area contributed by atoms with E-state index in [2.05, 4.69) is 39.0 Å². The minimum absolute atomic E-state index is 0.162. The summed E-state index contributed by atoms with van der Waals surface area (Å²) in [4.78, 5) is 6.70.